The molecule has 0 spiro atoms. The van der Waals surface area contributed by atoms with Crippen molar-refractivity contribution in [1.82, 2.24) is 9.38 Å². The van der Waals surface area contributed by atoms with Crippen LogP contribution in [-0.4, -0.2) is 27.7 Å². The molecule has 0 atom stereocenters. The molecule has 18 heavy (non-hydrogen) atoms. The van der Waals surface area contributed by atoms with Gasteiger partial charge in [-0.15, -0.1) is 0 Å². The minimum atomic E-state index is -0.401. The molecule has 1 aliphatic heterocycles. The third-order valence-corrected chi connectivity index (χ3v) is 3.95. The van der Waals surface area contributed by atoms with Crippen LogP contribution in [0.25, 0.3) is 5.52 Å². The number of rotatable bonds is 1. The van der Waals surface area contributed by atoms with Crippen LogP contribution in [0.4, 0.5) is 0 Å². The molecule has 3 rings (SSSR count). The van der Waals surface area contributed by atoms with E-state index in [1.807, 2.05) is 56.5 Å². The summed E-state index contributed by atoms with van der Waals surface area (Å²) in [5, 5.41) is 0. The van der Waals surface area contributed by atoms with Gasteiger partial charge in [0, 0.05) is 6.20 Å². The highest BCUT2D eigenvalue weighted by atomic mass is 16.7. The SMILES string of the molecule is CC1(C)OB(c2ncn3ccccc23)OC1(C)C. The van der Waals surface area contributed by atoms with Crippen molar-refractivity contribution in [1.29, 1.82) is 0 Å². The number of nitrogens with zero attached hydrogens (tertiary/aromatic N) is 2. The molecule has 0 saturated carbocycles. The molecule has 0 aliphatic carbocycles. The molecule has 2 aromatic rings. The first-order chi connectivity index (χ1) is 8.41. The molecular formula is C13H17BN2O2. The number of pyridine rings is 1. The number of hydrogen-bond donors (Lipinski definition) is 0. The molecule has 0 aromatic carbocycles. The Morgan fingerprint density at radius 1 is 1.11 bits per heavy atom. The van der Waals surface area contributed by atoms with E-state index in [0.29, 0.717) is 0 Å². The quantitative estimate of drug-likeness (QED) is 0.715. The van der Waals surface area contributed by atoms with Gasteiger partial charge in [0.25, 0.3) is 0 Å². The summed E-state index contributed by atoms with van der Waals surface area (Å²) in [5.41, 5.74) is 1.20. The highest BCUT2D eigenvalue weighted by Crippen LogP contribution is 2.36. The largest absolute Gasteiger partial charge is 0.516 e. The Bertz CT molecular complexity index is 575. The Morgan fingerprint density at radius 3 is 2.44 bits per heavy atom. The van der Waals surface area contributed by atoms with E-state index in [1.165, 1.54) is 0 Å². The lowest BCUT2D eigenvalue weighted by molar-refractivity contribution is 0.00578. The van der Waals surface area contributed by atoms with Gasteiger partial charge in [-0.25, -0.2) is 4.98 Å². The second-order valence-electron chi connectivity index (χ2n) is 5.71. The van der Waals surface area contributed by atoms with Crippen LogP contribution in [0.15, 0.2) is 30.7 Å². The maximum atomic E-state index is 6.02. The second-order valence-corrected chi connectivity index (χ2v) is 5.71. The van der Waals surface area contributed by atoms with Crippen LogP contribution >= 0.6 is 0 Å². The molecule has 1 saturated heterocycles. The number of hydrogen-bond acceptors (Lipinski definition) is 3. The van der Waals surface area contributed by atoms with E-state index in [-0.39, 0.29) is 11.2 Å². The third kappa shape index (κ3) is 1.58. The summed E-state index contributed by atoms with van der Waals surface area (Å²) in [6.45, 7) is 8.19. The highest BCUT2D eigenvalue weighted by molar-refractivity contribution is 6.63. The van der Waals surface area contributed by atoms with Gasteiger partial charge in [-0.05, 0) is 39.8 Å². The fourth-order valence-corrected chi connectivity index (χ4v) is 2.10. The summed E-state index contributed by atoms with van der Waals surface area (Å²) in [6.07, 6.45) is 3.76. The smallest absolute Gasteiger partial charge is 0.398 e. The maximum Gasteiger partial charge on any atom is 0.516 e. The van der Waals surface area contributed by atoms with Crippen molar-refractivity contribution in [2.75, 3.05) is 0 Å². The molecular weight excluding hydrogens is 227 g/mol. The molecule has 3 heterocycles. The lowest BCUT2D eigenvalue weighted by Gasteiger charge is -2.32. The lowest BCUT2D eigenvalue weighted by Crippen LogP contribution is -2.41. The Morgan fingerprint density at radius 2 is 1.78 bits per heavy atom. The topological polar surface area (TPSA) is 35.8 Å². The van der Waals surface area contributed by atoms with Crippen LogP contribution in [0, 0.1) is 0 Å². The summed E-state index contributed by atoms with van der Waals surface area (Å²) in [4.78, 5) is 4.42. The monoisotopic (exact) mass is 244 g/mol. The molecule has 94 valence electrons. The molecule has 4 nitrogen and oxygen atoms in total. The van der Waals surface area contributed by atoms with E-state index in [4.69, 9.17) is 9.31 Å². The summed E-state index contributed by atoms with van der Waals surface area (Å²) in [6, 6.07) is 5.99. The van der Waals surface area contributed by atoms with Crippen molar-refractivity contribution in [3.63, 3.8) is 0 Å². The third-order valence-electron chi connectivity index (χ3n) is 3.95. The number of fused-ring (bicyclic) bond motifs is 1. The van der Waals surface area contributed by atoms with Crippen molar-refractivity contribution in [2.24, 2.45) is 0 Å². The molecule has 1 fully saturated rings. The second kappa shape index (κ2) is 3.59. The van der Waals surface area contributed by atoms with E-state index in [9.17, 15) is 0 Å². The highest BCUT2D eigenvalue weighted by Gasteiger charge is 2.52. The van der Waals surface area contributed by atoms with Crippen LogP contribution < -0.4 is 5.59 Å². The number of aromatic nitrogens is 2. The van der Waals surface area contributed by atoms with E-state index in [2.05, 4.69) is 4.98 Å². The van der Waals surface area contributed by atoms with Crippen molar-refractivity contribution in [3.8, 4) is 0 Å². The molecule has 0 bridgehead atoms. The van der Waals surface area contributed by atoms with Crippen molar-refractivity contribution < 1.29 is 9.31 Å². The molecule has 1 aliphatic rings. The van der Waals surface area contributed by atoms with Crippen LogP contribution in [0.5, 0.6) is 0 Å². The summed E-state index contributed by atoms with van der Waals surface area (Å²) >= 11 is 0. The van der Waals surface area contributed by atoms with Crippen LogP contribution in [0.3, 0.4) is 0 Å². The van der Waals surface area contributed by atoms with Crippen molar-refractivity contribution >= 4 is 18.2 Å². The van der Waals surface area contributed by atoms with E-state index >= 15 is 0 Å². The van der Waals surface area contributed by atoms with Gasteiger partial charge >= 0.3 is 7.12 Å². The van der Waals surface area contributed by atoms with E-state index < -0.39 is 7.12 Å². The maximum absolute atomic E-state index is 6.02. The predicted octanol–water partition coefficient (Wildman–Crippen LogP) is 1.63. The first-order valence-corrected chi connectivity index (χ1v) is 6.18. The molecule has 0 radical (unpaired) electrons. The first kappa shape index (κ1) is 11.7. The molecule has 0 N–H and O–H groups in total. The fourth-order valence-electron chi connectivity index (χ4n) is 2.10. The molecule has 5 heteroatoms. The lowest BCUT2D eigenvalue weighted by atomic mass is 9.84. The van der Waals surface area contributed by atoms with Gasteiger partial charge in [0.15, 0.2) is 0 Å². The van der Waals surface area contributed by atoms with Gasteiger partial charge in [-0.1, -0.05) is 6.07 Å². The minimum Gasteiger partial charge on any atom is -0.398 e. The van der Waals surface area contributed by atoms with Crippen molar-refractivity contribution in [2.45, 2.75) is 38.9 Å². The van der Waals surface area contributed by atoms with Crippen molar-refractivity contribution in [3.05, 3.63) is 30.7 Å². The zero-order valence-corrected chi connectivity index (χ0v) is 11.2. The Kier molecular flexibility index (Phi) is 2.34. The summed E-state index contributed by atoms with van der Waals surface area (Å²) in [5.74, 6) is 0. The Hall–Kier alpha value is -1.33. The molecule has 2 aromatic heterocycles. The van der Waals surface area contributed by atoms with Crippen LogP contribution in [0.2, 0.25) is 0 Å². The minimum absolute atomic E-state index is 0.331. The standard InChI is InChI=1S/C13H17BN2O2/c1-12(2)13(3,4)18-14(17-12)11-10-7-5-6-8-16(10)9-15-11/h5-9H,1-4H3. The molecule has 0 unspecified atom stereocenters. The predicted molar refractivity (Wildman–Crippen MR) is 70.9 cm³/mol. The van der Waals surface area contributed by atoms with Gasteiger partial charge in [0.05, 0.1) is 28.6 Å². The van der Waals surface area contributed by atoms with Crippen LogP contribution in [-0.2, 0) is 9.31 Å². The van der Waals surface area contributed by atoms with Gasteiger partial charge in [-0.3, -0.25) is 0 Å². The zero-order valence-electron chi connectivity index (χ0n) is 11.2. The number of imidazole rings is 1. The van der Waals surface area contributed by atoms with Crippen LogP contribution in [0.1, 0.15) is 27.7 Å². The van der Waals surface area contributed by atoms with Gasteiger partial charge < -0.3 is 13.7 Å². The average molecular weight is 244 g/mol. The summed E-state index contributed by atoms with van der Waals surface area (Å²) < 4.78 is 14.0. The van der Waals surface area contributed by atoms with E-state index in [0.717, 1.165) is 11.1 Å². The van der Waals surface area contributed by atoms with Gasteiger partial charge in [-0.2, -0.15) is 0 Å². The first-order valence-electron chi connectivity index (χ1n) is 6.18. The fraction of sp³-hybridized carbons (Fsp3) is 0.462. The van der Waals surface area contributed by atoms with Gasteiger partial charge in [0.1, 0.15) is 0 Å². The zero-order chi connectivity index (χ0) is 13.0. The normalized spacial score (nSPS) is 21.7. The summed E-state index contributed by atoms with van der Waals surface area (Å²) in [7, 11) is -0.401. The van der Waals surface area contributed by atoms with E-state index in [1.54, 1.807) is 6.33 Å². The Balaban J connectivity index is 2.03. The van der Waals surface area contributed by atoms with Gasteiger partial charge in [0.2, 0.25) is 0 Å². The average Bonchev–Trinajstić information content (AvgIpc) is 2.78. The Labute approximate surface area is 107 Å². The molecule has 0 amide bonds.